The number of hydrogen-bond acceptors (Lipinski definition) is 5. The molecule has 1 aromatic rings. The summed E-state index contributed by atoms with van der Waals surface area (Å²) in [6.45, 7) is 3.13. The van der Waals surface area contributed by atoms with E-state index in [1.54, 1.807) is 13.0 Å². The molecule has 6 nitrogen and oxygen atoms in total. The fourth-order valence-electron chi connectivity index (χ4n) is 1.85. The van der Waals surface area contributed by atoms with Crippen LogP contribution in [0.1, 0.15) is 13.3 Å². The second kappa shape index (κ2) is 6.13. The Hall–Kier alpha value is -1.76. The zero-order valence-electron chi connectivity index (χ0n) is 11.2. The summed E-state index contributed by atoms with van der Waals surface area (Å²) in [4.78, 5) is 11.5. The van der Waals surface area contributed by atoms with E-state index in [0.29, 0.717) is 31.3 Å². The number of ether oxygens (including phenoxy) is 2. The minimum Gasteiger partial charge on any atom is -0.486 e. The van der Waals surface area contributed by atoms with Gasteiger partial charge in [-0.15, -0.1) is 0 Å². The smallest absolute Gasteiger partial charge is 0.221 e. The third kappa shape index (κ3) is 3.41. The largest absolute Gasteiger partial charge is 0.486 e. The summed E-state index contributed by atoms with van der Waals surface area (Å²) in [6, 6.07) is 4.50. The molecular formula is C13H17NO5S. The van der Waals surface area contributed by atoms with Crippen LogP contribution in [0.2, 0.25) is 0 Å². The van der Waals surface area contributed by atoms with Crippen molar-refractivity contribution in [1.29, 1.82) is 0 Å². The van der Waals surface area contributed by atoms with Gasteiger partial charge in [0.2, 0.25) is 5.91 Å². The first-order valence-electron chi connectivity index (χ1n) is 6.42. The van der Waals surface area contributed by atoms with Gasteiger partial charge in [-0.05, 0) is 19.1 Å². The molecule has 0 fully saturated rings. The fraction of sp³-hybridized carbons (Fsp3) is 0.462. The van der Waals surface area contributed by atoms with Gasteiger partial charge >= 0.3 is 0 Å². The molecule has 0 bridgehead atoms. The standard InChI is InChI=1S/C13H17NO5S/c1-2-14-13(15)5-8-20(16,17)10-3-4-11-12(9-10)19-7-6-18-11/h3-4,9H,2,5-8H2,1H3,(H,14,15). The van der Waals surface area contributed by atoms with E-state index in [4.69, 9.17) is 9.47 Å². The number of hydrogen-bond donors (Lipinski definition) is 1. The zero-order chi connectivity index (χ0) is 14.6. The minimum absolute atomic E-state index is 0.0510. The molecule has 0 aliphatic carbocycles. The SMILES string of the molecule is CCNC(=O)CCS(=O)(=O)c1ccc2c(c1)OCCO2. The summed E-state index contributed by atoms with van der Waals surface area (Å²) in [5.41, 5.74) is 0. The van der Waals surface area contributed by atoms with E-state index in [1.807, 2.05) is 0 Å². The maximum absolute atomic E-state index is 12.2. The van der Waals surface area contributed by atoms with Crippen LogP contribution in [0.3, 0.4) is 0 Å². The molecule has 0 saturated carbocycles. The molecule has 0 radical (unpaired) electrons. The monoisotopic (exact) mass is 299 g/mol. The van der Waals surface area contributed by atoms with Gasteiger partial charge in [0.05, 0.1) is 10.6 Å². The predicted molar refractivity (Wildman–Crippen MR) is 72.8 cm³/mol. The number of carbonyl (C=O) groups excluding carboxylic acids is 1. The highest BCUT2D eigenvalue weighted by atomic mass is 32.2. The van der Waals surface area contributed by atoms with E-state index in [1.165, 1.54) is 12.1 Å². The molecule has 0 spiro atoms. The van der Waals surface area contributed by atoms with Crippen molar-refractivity contribution in [3.63, 3.8) is 0 Å². The molecular weight excluding hydrogens is 282 g/mol. The Balaban J connectivity index is 2.11. The Morgan fingerprint density at radius 2 is 1.95 bits per heavy atom. The lowest BCUT2D eigenvalue weighted by Crippen LogP contribution is -2.25. The second-order valence-corrected chi connectivity index (χ2v) is 6.44. The molecule has 20 heavy (non-hydrogen) atoms. The highest BCUT2D eigenvalue weighted by Crippen LogP contribution is 2.32. The number of rotatable bonds is 5. The van der Waals surface area contributed by atoms with E-state index in [9.17, 15) is 13.2 Å². The van der Waals surface area contributed by atoms with Gasteiger partial charge in [-0.1, -0.05) is 0 Å². The van der Waals surface area contributed by atoms with Crippen LogP contribution >= 0.6 is 0 Å². The summed E-state index contributed by atoms with van der Waals surface area (Å²) in [5, 5.41) is 2.57. The third-order valence-electron chi connectivity index (χ3n) is 2.84. The highest BCUT2D eigenvalue weighted by molar-refractivity contribution is 7.91. The number of nitrogens with one attached hydrogen (secondary N) is 1. The molecule has 1 aromatic carbocycles. The molecule has 110 valence electrons. The van der Waals surface area contributed by atoms with Crippen LogP contribution in [0, 0.1) is 0 Å². The highest BCUT2D eigenvalue weighted by Gasteiger charge is 2.20. The summed E-state index contributed by atoms with van der Waals surface area (Å²) in [5.74, 6) is 0.473. The van der Waals surface area contributed by atoms with Gasteiger partial charge in [-0.25, -0.2) is 8.42 Å². The maximum atomic E-state index is 12.2. The van der Waals surface area contributed by atoms with Crippen LogP contribution in [-0.4, -0.2) is 39.8 Å². The molecule has 7 heteroatoms. The molecule has 1 N–H and O–H groups in total. The second-order valence-electron chi connectivity index (χ2n) is 4.33. The van der Waals surface area contributed by atoms with Crippen LogP contribution < -0.4 is 14.8 Å². The Morgan fingerprint density at radius 3 is 2.65 bits per heavy atom. The van der Waals surface area contributed by atoms with E-state index >= 15 is 0 Å². The minimum atomic E-state index is -3.50. The van der Waals surface area contributed by atoms with E-state index in [2.05, 4.69) is 5.32 Å². The molecule has 0 aromatic heterocycles. The fourth-order valence-corrected chi connectivity index (χ4v) is 3.10. The van der Waals surface area contributed by atoms with Crippen molar-refractivity contribution in [2.75, 3.05) is 25.5 Å². The van der Waals surface area contributed by atoms with Gasteiger partial charge in [0.25, 0.3) is 0 Å². The Bertz CT molecular complexity index is 597. The van der Waals surface area contributed by atoms with Crippen molar-refractivity contribution in [3.05, 3.63) is 18.2 Å². The van der Waals surface area contributed by atoms with Crippen molar-refractivity contribution in [3.8, 4) is 11.5 Å². The maximum Gasteiger partial charge on any atom is 0.221 e. The van der Waals surface area contributed by atoms with Gasteiger partial charge in [0, 0.05) is 19.0 Å². The van der Waals surface area contributed by atoms with Crippen LogP contribution in [0.4, 0.5) is 0 Å². The topological polar surface area (TPSA) is 81.7 Å². The number of sulfone groups is 1. The molecule has 2 rings (SSSR count). The Labute approximate surface area is 118 Å². The van der Waals surface area contributed by atoms with Crippen LogP contribution in [0.25, 0.3) is 0 Å². The van der Waals surface area contributed by atoms with Crippen molar-refractivity contribution in [1.82, 2.24) is 5.32 Å². The van der Waals surface area contributed by atoms with Crippen molar-refractivity contribution >= 4 is 15.7 Å². The first-order chi connectivity index (χ1) is 9.53. The number of fused-ring (bicyclic) bond motifs is 1. The molecule has 0 saturated heterocycles. The Morgan fingerprint density at radius 1 is 1.25 bits per heavy atom. The number of amides is 1. The van der Waals surface area contributed by atoms with Crippen LogP contribution in [0.5, 0.6) is 11.5 Å². The van der Waals surface area contributed by atoms with Crippen LogP contribution in [0.15, 0.2) is 23.1 Å². The lowest BCUT2D eigenvalue weighted by molar-refractivity contribution is -0.120. The van der Waals surface area contributed by atoms with E-state index in [-0.39, 0.29) is 23.0 Å². The number of benzene rings is 1. The van der Waals surface area contributed by atoms with Crippen molar-refractivity contribution in [2.45, 2.75) is 18.2 Å². The molecule has 1 amide bonds. The lowest BCUT2D eigenvalue weighted by Gasteiger charge is -2.18. The summed E-state index contributed by atoms with van der Waals surface area (Å²) in [6.07, 6.45) is -0.0510. The third-order valence-corrected chi connectivity index (χ3v) is 4.56. The van der Waals surface area contributed by atoms with E-state index in [0.717, 1.165) is 0 Å². The summed E-state index contributed by atoms with van der Waals surface area (Å²) in [7, 11) is -3.50. The predicted octanol–water partition coefficient (Wildman–Crippen LogP) is 0.758. The average Bonchev–Trinajstić information content (AvgIpc) is 2.45. The first kappa shape index (κ1) is 14.6. The van der Waals surface area contributed by atoms with Gasteiger partial charge in [-0.3, -0.25) is 4.79 Å². The summed E-state index contributed by atoms with van der Waals surface area (Å²) < 4.78 is 35.0. The molecule has 0 atom stereocenters. The van der Waals surface area contributed by atoms with Gasteiger partial charge < -0.3 is 14.8 Å². The molecule has 0 unspecified atom stereocenters. The first-order valence-corrected chi connectivity index (χ1v) is 8.07. The molecule has 1 heterocycles. The Kier molecular flexibility index (Phi) is 4.49. The summed E-state index contributed by atoms with van der Waals surface area (Å²) >= 11 is 0. The van der Waals surface area contributed by atoms with Gasteiger partial charge in [-0.2, -0.15) is 0 Å². The van der Waals surface area contributed by atoms with Crippen molar-refractivity contribution in [2.24, 2.45) is 0 Å². The van der Waals surface area contributed by atoms with E-state index < -0.39 is 9.84 Å². The molecule has 1 aliphatic rings. The molecule has 1 aliphatic heterocycles. The van der Waals surface area contributed by atoms with Crippen molar-refractivity contribution < 1.29 is 22.7 Å². The average molecular weight is 299 g/mol. The van der Waals surface area contributed by atoms with Crippen LogP contribution in [-0.2, 0) is 14.6 Å². The zero-order valence-corrected chi connectivity index (χ0v) is 12.0. The normalized spacial score (nSPS) is 13.8. The lowest BCUT2D eigenvalue weighted by atomic mass is 10.3. The van der Waals surface area contributed by atoms with Gasteiger partial charge in [0.1, 0.15) is 13.2 Å². The quantitative estimate of drug-likeness (QED) is 0.868. The van der Waals surface area contributed by atoms with Gasteiger partial charge in [0.15, 0.2) is 21.3 Å². The number of carbonyl (C=O) groups is 1.